The molecule has 2 N–H and O–H groups in total. The van der Waals surface area contributed by atoms with Crippen molar-refractivity contribution in [2.24, 2.45) is 0 Å². The molecule has 4 heterocycles. The number of fused-ring (bicyclic) bond motifs is 1. The smallest absolute Gasteiger partial charge is 0.180 e. The SMILES string of the molecule is CCOc1cccc(-c2nc3ncc(Cl)c(NC4CCN(Cc5cccs5)CC4)c3[nH]2)c1. The van der Waals surface area contributed by atoms with Gasteiger partial charge in [0.25, 0.3) is 0 Å². The van der Waals surface area contributed by atoms with Crippen LogP contribution < -0.4 is 10.1 Å². The van der Waals surface area contributed by atoms with Crippen molar-refractivity contribution in [2.75, 3.05) is 25.0 Å². The molecular weight excluding hydrogens is 442 g/mol. The predicted molar refractivity (Wildman–Crippen MR) is 132 cm³/mol. The second-order valence-corrected chi connectivity index (χ2v) is 9.44. The standard InChI is InChI=1S/C24H26ClN5OS/c1-2-31-18-6-3-5-16(13-18)23-28-22-21(20(25)14-26-24(22)29-23)27-17-8-10-30(11-9-17)15-19-7-4-12-32-19/h3-7,12-14,17H,2,8-11,15H2,1H3,(H2,26,27,28,29). The molecule has 0 saturated carbocycles. The van der Waals surface area contributed by atoms with E-state index in [1.165, 1.54) is 4.88 Å². The lowest BCUT2D eigenvalue weighted by Crippen LogP contribution is -2.38. The van der Waals surface area contributed by atoms with Gasteiger partial charge in [0.2, 0.25) is 0 Å². The average molecular weight is 468 g/mol. The van der Waals surface area contributed by atoms with Crippen LogP contribution >= 0.6 is 22.9 Å². The van der Waals surface area contributed by atoms with E-state index in [4.69, 9.17) is 21.3 Å². The van der Waals surface area contributed by atoms with Gasteiger partial charge >= 0.3 is 0 Å². The van der Waals surface area contributed by atoms with E-state index in [-0.39, 0.29) is 0 Å². The Morgan fingerprint density at radius 2 is 2.12 bits per heavy atom. The molecule has 0 amide bonds. The number of rotatable bonds is 7. The number of nitrogens with zero attached hydrogens (tertiary/aromatic N) is 3. The fourth-order valence-electron chi connectivity index (χ4n) is 4.17. The second-order valence-electron chi connectivity index (χ2n) is 8.00. The number of ether oxygens (including phenoxy) is 1. The summed E-state index contributed by atoms with van der Waals surface area (Å²) in [5.41, 5.74) is 3.34. The third-order valence-corrected chi connectivity index (χ3v) is 6.94. The van der Waals surface area contributed by atoms with Gasteiger partial charge in [-0.1, -0.05) is 29.8 Å². The number of H-pyrrole nitrogens is 1. The van der Waals surface area contributed by atoms with Crippen molar-refractivity contribution in [1.29, 1.82) is 0 Å². The fourth-order valence-corrected chi connectivity index (χ4v) is 5.12. The van der Waals surface area contributed by atoms with E-state index < -0.39 is 0 Å². The first kappa shape index (κ1) is 21.2. The minimum Gasteiger partial charge on any atom is -0.494 e. The number of hydrogen-bond donors (Lipinski definition) is 2. The van der Waals surface area contributed by atoms with Crippen LogP contribution in [0.3, 0.4) is 0 Å². The van der Waals surface area contributed by atoms with E-state index in [1.807, 2.05) is 42.5 Å². The molecule has 1 aliphatic rings. The van der Waals surface area contributed by atoms with Crippen LogP contribution in [0.25, 0.3) is 22.6 Å². The first-order valence-electron chi connectivity index (χ1n) is 11.0. The Bertz CT molecular complexity index is 1180. The molecule has 6 nitrogen and oxygen atoms in total. The number of hydrogen-bond acceptors (Lipinski definition) is 6. The number of thiophene rings is 1. The van der Waals surface area contributed by atoms with Gasteiger partial charge in [0.15, 0.2) is 5.65 Å². The first-order valence-corrected chi connectivity index (χ1v) is 12.2. The number of pyridine rings is 1. The summed E-state index contributed by atoms with van der Waals surface area (Å²) in [5.74, 6) is 1.58. The molecule has 5 rings (SSSR count). The van der Waals surface area contributed by atoms with Crippen molar-refractivity contribution in [1.82, 2.24) is 19.9 Å². The monoisotopic (exact) mass is 467 g/mol. The molecular formula is C24H26ClN5OS. The topological polar surface area (TPSA) is 66.1 Å². The Morgan fingerprint density at radius 3 is 2.91 bits per heavy atom. The van der Waals surface area contributed by atoms with E-state index in [9.17, 15) is 0 Å². The molecule has 0 spiro atoms. The Morgan fingerprint density at radius 1 is 1.25 bits per heavy atom. The summed E-state index contributed by atoms with van der Waals surface area (Å²) in [4.78, 5) is 16.5. The maximum atomic E-state index is 6.57. The van der Waals surface area contributed by atoms with Crippen LogP contribution in [0.1, 0.15) is 24.6 Å². The second kappa shape index (κ2) is 9.48. The molecule has 0 radical (unpaired) electrons. The van der Waals surface area contributed by atoms with Crippen LogP contribution in [0.2, 0.25) is 5.02 Å². The maximum absolute atomic E-state index is 6.57. The molecule has 32 heavy (non-hydrogen) atoms. The van der Waals surface area contributed by atoms with Crippen LogP contribution in [0.4, 0.5) is 5.69 Å². The minimum absolute atomic E-state index is 0.366. The molecule has 8 heteroatoms. The lowest BCUT2D eigenvalue weighted by molar-refractivity contribution is 0.213. The highest BCUT2D eigenvalue weighted by molar-refractivity contribution is 7.09. The van der Waals surface area contributed by atoms with E-state index in [0.29, 0.717) is 23.3 Å². The summed E-state index contributed by atoms with van der Waals surface area (Å²) in [7, 11) is 0. The van der Waals surface area contributed by atoms with Gasteiger partial charge in [0, 0.05) is 36.1 Å². The molecule has 0 atom stereocenters. The number of imidazole rings is 1. The van der Waals surface area contributed by atoms with Crippen molar-refractivity contribution >= 4 is 39.8 Å². The van der Waals surface area contributed by atoms with Crippen molar-refractivity contribution < 1.29 is 4.74 Å². The van der Waals surface area contributed by atoms with Gasteiger partial charge in [0.05, 0.1) is 23.5 Å². The summed E-state index contributed by atoms with van der Waals surface area (Å²) in [6, 6.07) is 12.6. The van der Waals surface area contributed by atoms with E-state index >= 15 is 0 Å². The molecule has 1 aromatic carbocycles. The highest BCUT2D eigenvalue weighted by atomic mass is 35.5. The number of anilines is 1. The molecule has 4 aromatic rings. The quantitative estimate of drug-likeness (QED) is 0.358. The van der Waals surface area contributed by atoms with Crippen LogP contribution in [0.5, 0.6) is 5.75 Å². The fraction of sp³-hybridized carbons (Fsp3) is 0.333. The number of piperidine rings is 1. The van der Waals surface area contributed by atoms with Gasteiger partial charge in [-0.05, 0) is 43.3 Å². The largest absolute Gasteiger partial charge is 0.494 e. The van der Waals surface area contributed by atoms with Crippen molar-refractivity contribution in [3.63, 3.8) is 0 Å². The highest BCUT2D eigenvalue weighted by Crippen LogP contribution is 2.33. The molecule has 0 unspecified atom stereocenters. The van der Waals surface area contributed by atoms with Crippen molar-refractivity contribution in [3.8, 4) is 17.1 Å². The predicted octanol–water partition coefficient (Wildman–Crippen LogP) is 5.82. The summed E-state index contributed by atoms with van der Waals surface area (Å²) in [6.07, 6.45) is 3.82. The molecule has 1 fully saturated rings. The summed E-state index contributed by atoms with van der Waals surface area (Å²) >= 11 is 8.39. The summed E-state index contributed by atoms with van der Waals surface area (Å²) in [6.45, 7) is 5.78. The number of likely N-dealkylation sites (tertiary alicyclic amines) is 1. The summed E-state index contributed by atoms with van der Waals surface area (Å²) in [5, 5.41) is 6.43. The van der Waals surface area contributed by atoms with Crippen molar-refractivity contribution in [2.45, 2.75) is 32.4 Å². The van der Waals surface area contributed by atoms with E-state index in [1.54, 1.807) is 6.20 Å². The Hall–Kier alpha value is -2.61. The zero-order chi connectivity index (χ0) is 21.9. The number of aromatic nitrogens is 3. The Kier molecular flexibility index (Phi) is 6.30. The van der Waals surface area contributed by atoms with Crippen LogP contribution in [0.15, 0.2) is 48.0 Å². The first-order chi connectivity index (χ1) is 15.7. The van der Waals surface area contributed by atoms with Crippen LogP contribution in [0, 0.1) is 0 Å². The number of halogens is 1. The summed E-state index contributed by atoms with van der Waals surface area (Å²) < 4.78 is 5.63. The van der Waals surface area contributed by atoms with Gasteiger partial charge in [-0.25, -0.2) is 9.97 Å². The van der Waals surface area contributed by atoms with E-state index in [0.717, 1.165) is 60.8 Å². The molecule has 0 bridgehead atoms. The van der Waals surface area contributed by atoms with Crippen LogP contribution in [-0.2, 0) is 6.54 Å². The number of nitrogens with one attached hydrogen (secondary N) is 2. The zero-order valence-electron chi connectivity index (χ0n) is 18.0. The maximum Gasteiger partial charge on any atom is 0.180 e. The molecule has 166 valence electrons. The normalized spacial score (nSPS) is 15.3. The Balaban J connectivity index is 1.33. The molecule has 1 aliphatic heterocycles. The van der Waals surface area contributed by atoms with E-state index in [2.05, 4.69) is 37.7 Å². The van der Waals surface area contributed by atoms with Crippen LogP contribution in [-0.4, -0.2) is 45.6 Å². The highest BCUT2D eigenvalue weighted by Gasteiger charge is 2.22. The number of benzene rings is 1. The lowest BCUT2D eigenvalue weighted by Gasteiger charge is -2.32. The van der Waals surface area contributed by atoms with Gasteiger partial charge < -0.3 is 15.0 Å². The third-order valence-electron chi connectivity index (χ3n) is 5.79. The average Bonchev–Trinajstić information content (AvgIpc) is 3.47. The molecule has 0 aliphatic carbocycles. The third kappa shape index (κ3) is 4.60. The van der Waals surface area contributed by atoms with Gasteiger partial charge in [-0.3, -0.25) is 4.90 Å². The Labute approximate surface area is 196 Å². The lowest BCUT2D eigenvalue weighted by atomic mass is 10.0. The number of aromatic amines is 1. The molecule has 3 aromatic heterocycles. The van der Waals surface area contributed by atoms with Crippen molar-refractivity contribution in [3.05, 3.63) is 57.9 Å². The van der Waals surface area contributed by atoms with Gasteiger partial charge in [-0.2, -0.15) is 0 Å². The zero-order valence-corrected chi connectivity index (χ0v) is 19.5. The van der Waals surface area contributed by atoms with Gasteiger partial charge in [-0.15, -0.1) is 11.3 Å². The minimum atomic E-state index is 0.366. The van der Waals surface area contributed by atoms with Gasteiger partial charge in [0.1, 0.15) is 17.1 Å². The molecule has 1 saturated heterocycles.